The Morgan fingerprint density at radius 1 is 1.12 bits per heavy atom. The highest BCUT2D eigenvalue weighted by atomic mass is 16.4. The Morgan fingerprint density at radius 2 is 1.76 bits per heavy atom. The first-order valence-corrected chi connectivity index (χ1v) is 6.11. The lowest BCUT2D eigenvalue weighted by Crippen LogP contribution is -2.37. The van der Waals surface area contributed by atoms with Crippen molar-refractivity contribution in [2.45, 2.75) is 32.6 Å². The molecule has 100 valence electrons. The van der Waals surface area contributed by atoms with E-state index in [-0.39, 0.29) is 12.3 Å². The van der Waals surface area contributed by atoms with Crippen LogP contribution in [-0.4, -0.2) is 60.5 Å². The second-order valence-electron chi connectivity index (χ2n) is 4.36. The third kappa shape index (κ3) is 8.68. The molecule has 0 aliphatic heterocycles. The largest absolute Gasteiger partial charge is 0.481 e. The first kappa shape index (κ1) is 15.9. The van der Waals surface area contributed by atoms with Crippen LogP contribution in [0.15, 0.2) is 0 Å². The number of carboxylic acid groups (broad SMARTS) is 1. The average molecular weight is 244 g/mol. The van der Waals surface area contributed by atoms with Gasteiger partial charge in [0, 0.05) is 20.5 Å². The highest BCUT2D eigenvalue weighted by Crippen LogP contribution is 2.02. The van der Waals surface area contributed by atoms with Gasteiger partial charge in [-0.25, -0.2) is 0 Å². The molecular formula is C12H24N2O3. The molecule has 0 rings (SSSR count). The lowest BCUT2D eigenvalue weighted by molar-refractivity contribution is -0.137. The molecule has 0 saturated heterocycles. The molecular weight excluding hydrogens is 220 g/mol. The van der Waals surface area contributed by atoms with Gasteiger partial charge >= 0.3 is 5.97 Å². The summed E-state index contributed by atoms with van der Waals surface area (Å²) in [5.74, 6) is -0.627. The molecule has 0 heterocycles. The van der Waals surface area contributed by atoms with Gasteiger partial charge in [0.15, 0.2) is 0 Å². The van der Waals surface area contributed by atoms with Gasteiger partial charge in [-0.3, -0.25) is 14.5 Å². The predicted molar refractivity (Wildman–Crippen MR) is 66.9 cm³/mol. The van der Waals surface area contributed by atoms with Gasteiger partial charge < -0.3 is 10.0 Å². The lowest BCUT2D eigenvalue weighted by atomic mass is 10.2. The second-order valence-corrected chi connectivity index (χ2v) is 4.36. The molecule has 0 unspecified atom stereocenters. The van der Waals surface area contributed by atoms with Crippen LogP contribution in [-0.2, 0) is 9.59 Å². The molecule has 0 aliphatic rings. The summed E-state index contributed by atoms with van der Waals surface area (Å²) in [6.45, 7) is 4.18. The zero-order valence-electron chi connectivity index (χ0n) is 11.1. The van der Waals surface area contributed by atoms with Crippen LogP contribution in [0.2, 0.25) is 0 Å². The minimum Gasteiger partial charge on any atom is -0.481 e. The Balaban J connectivity index is 3.68. The maximum absolute atomic E-state index is 11.5. The Bertz CT molecular complexity index is 242. The summed E-state index contributed by atoms with van der Waals surface area (Å²) in [5, 5.41) is 8.49. The van der Waals surface area contributed by atoms with E-state index in [1.807, 2.05) is 6.92 Å². The van der Waals surface area contributed by atoms with Crippen molar-refractivity contribution in [3.63, 3.8) is 0 Å². The van der Waals surface area contributed by atoms with E-state index in [1.54, 1.807) is 19.0 Å². The summed E-state index contributed by atoms with van der Waals surface area (Å²) in [6.07, 6.45) is 2.80. The van der Waals surface area contributed by atoms with Crippen LogP contribution in [0.25, 0.3) is 0 Å². The van der Waals surface area contributed by atoms with E-state index in [0.29, 0.717) is 13.0 Å². The number of amides is 1. The molecule has 0 spiro atoms. The van der Waals surface area contributed by atoms with Gasteiger partial charge in [0.05, 0.1) is 6.54 Å². The molecule has 0 aromatic carbocycles. The van der Waals surface area contributed by atoms with Crippen molar-refractivity contribution in [3.8, 4) is 0 Å². The standard InChI is InChI=1S/C12H24N2O3/c1-4-14(10-11(15)13(2)3)9-7-5-6-8-12(16)17/h4-10H2,1-3H3,(H,16,17). The van der Waals surface area contributed by atoms with E-state index in [1.165, 1.54) is 0 Å². The number of likely N-dealkylation sites (N-methyl/N-ethyl adjacent to an activating group) is 2. The minimum absolute atomic E-state index is 0.109. The fourth-order valence-corrected chi connectivity index (χ4v) is 1.47. The van der Waals surface area contributed by atoms with Gasteiger partial charge in [-0.2, -0.15) is 0 Å². The Labute approximate surface area is 103 Å². The normalized spacial score (nSPS) is 10.6. The number of carboxylic acids is 1. The van der Waals surface area contributed by atoms with E-state index in [4.69, 9.17) is 5.11 Å². The monoisotopic (exact) mass is 244 g/mol. The van der Waals surface area contributed by atoms with E-state index >= 15 is 0 Å². The molecule has 0 bridgehead atoms. The van der Waals surface area contributed by atoms with Gasteiger partial charge in [-0.15, -0.1) is 0 Å². The number of hydrogen-bond acceptors (Lipinski definition) is 3. The van der Waals surface area contributed by atoms with Crippen molar-refractivity contribution in [2.75, 3.05) is 33.7 Å². The van der Waals surface area contributed by atoms with E-state index in [0.717, 1.165) is 25.9 Å². The third-order valence-electron chi connectivity index (χ3n) is 2.67. The molecule has 5 heteroatoms. The SMILES string of the molecule is CCN(CCCCCC(=O)O)CC(=O)N(C)C. The molecule has 0 aromatic heterocycles. The fourth-order valence-electron chi connectivity index (χ4n) is 1.47. The quantitative estimate of drug-likeness (QED) is 0.616. The van der Waals surface area contributed by atoms with Crippen LogP contribution in [0.1, 0.15) is 32.6 Å². The zero-order chi connectivity index (χ0) is 13.3. The fraction of sp³-hybridized carbons (Fsp3) is 0.833. The van der Waals surface area contributed by atoms with Gasteiger partial charge in [-0.05, 0) is 25.9 Å². The molecule has 0 saturated carbocycles. The number of carbonyl (C=O) groups excluding carboxylic acids is 1. The maximum Gasteiger partial charge on any atom is 0.303 e. The van der Waals surface area contributed by atoms with E-state index in [9.17, 15) is 9.59 Å². The number of aliphatic carboxylic acids is 1. The second kappa shape index (κ2) is 8.98. The van der Waals surface area contributed by atoms with Crippen molar-refractivity contribution in [1.82, 2.24) is 9.80 Å². The van der Waals surface area contributed by atoms with E-state index in [2.05, 4.69) is 4.90 Å². The van der Waals surface area contributed by atoms with E-state index < -0.39 is 5.97 Å². The van der Waals surface area contributed by atoms with Crippen LogP contribution in [0.5, 0.6) is 0 Å². The summed E-state index contributed by atoms with van der Waals surface area (Å²) >= 11 is 0. The number of carbonyl (C=O) groups is 2. The van der Waals surface area contributed by atoms with Crippen LogP contribution >= 0.6 is 0 Å². The van der Waals surface area contributed by atoms with Crippen molar-refractivity contribution < 1.29 is 14.7 Å². The molecule has 5 nitrogen and oxygen atoms in total. The summed E-state index contributed by atoms with van der Waals surface area (Å²) in [5.41, 5.74) is 0. The van der Waals surface area contributed by atoms with Gasteiger partial charge in [-0.1, -0.05) is 13.3 Å². The highest BCUT2D eigenvalue weighted by molar-refractivity contribution is 5.77. The van der Waals surface area contributed by atoms with Crippen molar-refractivity contribution in [3.05, 3.63) is 0 Å². The van der Waals surface area contributed by atoms with Crippen LogP contribution in [0.4, 0.5) is 0 Å². The lowest BCUT2D eigenvalue weighted by Gasteiger charge is -2.21. The Morgan fingerprint density at radius 3 is 2.24 bits per heavy atom. The average Bonchev–Trinajstić information content (AvgIpc) is 2.26. The molecule has 0 radical (unpaired) electrons. The predicted octanol–water partition coefficient (Wildman–Crippen LogP) is 1.04. The van der Waals surface area contributed by atoms with Gasteiger partial charge in [0.1, 0.15) is 0 Å². The van der Waals surface area contributed by atoms with Crippen molar-refractivity contribution >= 4 is 11.9 Å². The molecule has 1 N–H and O–H groups in total. The van der Waals surface area contributed by atoms with Crippen LogP contribution in [0.3, 0.4) is 0 Å². The van der Waals surface area contributed by atoms with Crippen LogP contribution < -0.4 is 0 Å². The number of hydrogen-bond donors (Lipinski definition) is 1. The molecule has 0 aliphatic carbocycles. The maximum atomic E-state index is 11.5. The minimum atomic E-state index is -0.736. The van der Waals surface area contributed by atoms with Gasteiger partial charge in [0.2, 0.25) is 5.91 Å². The van der Waals surface area contributed by atoms with Crippen LogP contribution in [0, 0.1) is 0 Å². The van der Waals surface area contributed by atoms with Gasteiger partial charge in [0.25, 0.3) is 0 Å². The molecule has 0 aromatic rings. The first-order valence-electron chi connectivity index (χ1n) is 6.11. The molecule has 17 heavy (non-hydrogen) atoms. The molecule has 1 amide bonds. The number of nitrogens with zero attached hydrogens (tertiary/aromatic N) is 2. The summed E-state index contributed by atoms with van der Waals surface area (Å²) in [4.78, 5) is 25.5. The molecule has 0 fully saturated rings. The van der Waals surface area contributed by atoms with Crippen molar-refractivity contribution in [2.24, 2.45) is 0 Å². The Hall–Kier alpha value is -1.10. The molecule has 0 atom stereocenters. The summed E-state index contributed by atoms with van der Waals surface area (Å²) < 4.78 is 0. The highest BCUT2D eigenvalue weighted by Gasteiger charge is 2.10. The number of rotatable bonds is 9. The number of unbranched alkanes of at least 4 members (excludes halogenated alkanes) is 2. The Kier molecular flexibility index (Phi) is 8.40. The first-order chi connectivity index (χ1) is 7.97. The zero-order valence-corrected chi connectivity index (χ0v) is 11.1. The smallest absolute Gasteiger partial charge is 0.303 e. The summed E-state index contributed by atoms with van der Waals surface area (Å²) in [6, 6.07) is 0. The third-order valence-corrected chi connectivity index (χ3v) is 2.67. The summed E-state index contributed by atoms with van der Waals surface area (Å²) in [7, 11) is 3.51. The van der Waals surface area contributed by atoms with Crippen molar-refractivity contribution in [1.29, 1.82) is 0 Å². The topological polar surface area (TPSA) is 60.9 Å².